The lowest BCUT2D eigenvalue weighted by Crippen LogP contribution is -2.37. The van der Waals surface area contributed by atoms with Gasteiger partial charge in [-0.05, 0) is 59.7 Å². The van der Waals surface area contributed by atoms with E-state index in [4.69, 9.17) is 21.2 Å². The van der Waals surface area contributed by atoms with E-state index in [1.165, 1.54) is 18.2 Å². The van der Waals surface area contributed by atoms with Crippen molar-refractivity contribution >= 4 is 23.2 Å². The van der Waals surface area contributed by atoms with Crippen molar-refractivity contribution in [1.82, 2.24) is 4.90 Å². The molecule has 0 saturated carbocycles. The number of carbonyl (C=O) groups is 1. The van der Waals surface area contributed by atoms with Crippen LogP contribution in [0, 0.1) is 5.82 Å². The van der Waals surface area contributed by atoms with Gasteiger partial charge < -0.3 is 14.5 Å². The molecule has 0 saturated heterocycles. The first kappa shape index (κ1) is 21.8. The van der Waals surface area contributed by atoms with Crippen molar-refractivity contribution in [3.8, 4) is 5.75 Å². The summed E-state index contributed by atoms with van der Waals surface area (Å²) in [5, 5.41) is 4.78. The highest BCUT2D eigenvalue weighted by Gasteiger charge is 2.28. The van der Waals surface area contributed by atoms with Crippen LogP contribution in [-0.4, -0.2) is 36.3 Å². The molecule has 1 aliphatic rings. The van der Waals surface area contributed by atoms with Crippen molar-refractivity contribution in [2.75, 3.05) is 13.7 Å². The van der Waals surface area contributed by atoms with Gasteiger partial charge >= 0.3 is 0 Å². The van der Waals surface area contributed by atoms with Crippen molar-refractivity contribution in [2.45, 2.75) is 19.1 Å². The number of nitrogens with zero attached hydrogens (tertiary/aromatic N) is 2. The van der Waals surface area contributed by atoms with Crippen LogP contribution < -0.4 is 4.74 Å². The first-order valence-electron chi connectivity index (χ1n) is 10.2. The third kappa shape index (κ3) is 5.08. The fourth-order valence-electron chi connectivity index (χ4n) is 3.58. The molecule has 5 nitrogen and oxygen atoms in total. The van der Waals surface area contributed by atoms with Gasteiger partial charge in [0.25, 0.3) is 5.91 Å². The summed E-state index contributed by atoms with van der Waals surface area (Å²) in [7, 11) is 1.62. The second-order valence-corrected chi connectivity index (χ2v) is 7.89. The third-order valence-corrected chi connectivity index (χ3v) is 5.63. The summed E-state index contributed by atoms with van der Waals surface area (Å²) in [5.74, 6) is -0.00174. The van der Waals surface area contributed by atoms with Gasteiger partial charge in [0.15, 0.2) is 6.10 Å². The molecule has 0 N–H and O–H groups in total. The van der Waals surface area contributed by atoms with Gasteiger partial charge in [-0.2, -0.15) is 0 Å². The molecule has 0 unspecified atom stereocenters. The molecule has 1 atom stereocenters. The Bertz CT molecular complexity index is 1130. The number of rotatable bonds is 7. The quantitative estimate of drug-likeness (QED) is 0.487. The molecule has 3 aromatic rings. The molecule has 0 aliphatic carbocycles. The van der Waals surface area contributed by atoms with E-state index in [9.17, 15) is 9.18 Å². The molecule has 1 heterocycles. The summed E-state index contributed by atoms with van der Waals surface area (Å²) in [6, 6.07) is 20.6. The molecule has 0 radical (unpaired) electrons. The van der Waals surface area contributed by atoms with E-state index in [0.717, 1.165) is 22.6 Å². The van der Waals surface area contributed by atoms with Crippen LogP contribution in [-0.2, 0) is 11.4 Å². The highest BCUT2D eigenvalue weighted by Crippen LogP contribution is 2.23. The Hall–Kier alpha value is -3.38. The lowest BCUT2D eigenvalue weighted by Gasteiger charge is -2.25. The smallest absolute Gasteiger partial charge is 0.254 e. The summed E-state index contributed by atoms with van der Waals surface area (Å²) < 4.78 is 18.9. The normalized spacial score (nSPS) is 15.1. The number of amides is 1. The zero-order chi connectivity index (χ0) is 22.5. The largest absolute Gasteiger partial charge is 0.497 e. The predicted octanol–water partition coefficient (Wildman–Crippen LogP) is 5.32. The molecule has 0 aromatic heterocycles. The minimum absolute atomic E-state index is 0.270. The van der Waals surface area contributed by atoms with Gasteiger partial charge in [0, 0.05) is 23.6 Å². The second kappa shape index (κ2) is 9.83. The van der Waals surface area contributed by atoms with Crippen LogP contribution in [0.3, 0.4) is 0 Å². The molecule has 164 valence electrons. The van der Waals surface area contributed by atoms with Crippen LogP contribution in [0.25, 0.3) is 0 Å². The highest BCUT2D eigenvalue weighted by molar-refractivity contribution is 6.31. The van der Waals surface area contributed by atoms with E-state index in [1.807, 2.05) is 42.5 Å². The van der Waals surface area contributed by atoms with Gasteiger partial charge in [-0.3, -0.25) is 4.79 Å². The zero-order valence-corrected chi connectivity index (χ0v) is 18.3. The van der Waals surface area contributed by atoms with Crippen molar-refractivity contribution in [3.63, 3.8) is 0 Å². The molecule has 32 heavy (non-hydrogen) atoms. The minimum atomic E-state index is -0.462. The fourth-order valence-corrected chi connectivity index (χ4v) is 3.78. The predicted molar refractivity (Wildman–Crippen MR) is 122 cm³/mol. The maximum atomic E-state index is 13.7. The molecule has 1 amide bonds. The van der Waals surface area contributed by atoms with Gasteiger partial charge in [0.05, 0.1) is 19.4 Å². The Kier molecular flexibility index (Phi) is 6.71. The molecule has 0 spiro atoms. The number of halogens is 2. The zero-order valence-electron chi connectivity index (χ0n) is 17.5. The minimum Gasteiger partial charge on any atom is -0.497 e. The van der Waals surface area contributed by atoms with Crippen molar-refractivity contribution in [1.29, 1.82) is 0 Å². The van der Waals surface area contributed by atoms with E-state index in [2.05, 4.69) is 5.16 Å². The number of benzene rings is 3. The molecule has 0 fully saturated rings. The van der Waals surface area contributed by atoms with Gasteiger partial charge in [0.2, 0.25) is 0 Å². The van der Waals surface area contributed by atoms with Gasteiger partial charge in [-0.1, -0.05) is 41.0 Å². The van der Waals surface area contributed by atoms with E-state index in [0.29, 0.717) is 11.4 Å². The Balaban J connectivity index is 1.51. The van der Waals surface area contributed by atoms with E-state index < -0.39 is 5.82 Å². The van der Waals surface area contributed by atoms with Crippen molar-refractivity contribution in [3.05, 3.63) is 100 Å². The van der Waals surface area contributed by atoms with Crippen LogP contribution >= 0.6 is 11.6 Å². The Morgan fingerprint density at radius 2 is 1.94 bits per heavy atom. The van der Waals surface area contributed by atoms with Crippen LogP contribution in [0.2, 0.25) is 5.02 Å². The van der Waals surface area contributed by atoms with Gasteiger partial charge in [0.1, 0.15) is 11.6 Å². The summed E-state index contributed by atoms with van der Waals surface area (Å²) in [6.07, 6.45) is 0.217. The molecule has 3 aromatic carbocycles. The highest BCUT2D eigenvalue weighted by atomic mass is 35.5. The monoisotopic (exact) mass is 452 g/mol. The average molecular weight is 453 g/mol. The molecular formula is C25H22ClFN2O3. The topological polar surface area (TPSA) is 51.1 Å². The number of hydrogen-bond acceptors (Lipinski definition) is 4. The Labute approximate surface area is 191 Å². The summed E-state index contributed by atoms with van der Waals surface area (Å²) in [4.78, 5) is 20.5. The first-order valence-corrected chi connectivity index (χ1v) is 10.6. The van der Waals surface area contributed by atoms with Crippen LogP contribution in [0.1, 0.15) is 27.9 Å². The SMILES string of the molecule is COc1ccc(C2=NO[C@@H](CN(Cc3ccccc3Cl)C(=O)c3cccc(F)c3)C2)cc1. The number of methoxy groups -OCH3 is 1. The van der Waals surface area contributed by atoms with Crippen molar-refractivity contribution < 1.29 is 18.8 Å². The van der Waals surface area contributed by atoms with Crippen LogP contribution in [0.15, 0.2) is 78.0 Å². The second-order valence-electron chi connectivity index (χ2n) is 7.49. The van der Waals surface area contributed by atoms with Gasteiger partial charge in [-0.15, -0.1) is 0 Å². The summed E-state index contributed by atoms with van der Waals surface area (Å²) >= 11 is 6.33. The van der Waals surface area contributed by atoms with Crippen molar-refractivity contribution in [2.24, 2.45) is 5.16 Å². The maximum absolute atomic E-state index is 13.7. The summed E-state index contributed by atoms with van der Waals surface area (Å²) in [6.45, 7) is 0.552. The molecule has 4 rings (SSSR count). The van der Waals surface area contributed by atoms with Gasteiger partial charge in [-0.25, -0.2) is 4.39 Å². The number of ether oxygens (including phenoxy) is 1. The van der Waals surface area contributed by atoms with Crippen LogP contribution in [0.4, 0.5) is 4.39 Å². The lowest BCUT2D eigenvalue weighted by atomic mass is 10.0. The average Bonchev–Trinajstić information content (AvgIpc) is 3.28. The third-order valence-electron chi connectivity index (χ3n) is 5.26. The summed E-state index contributed by atoms with van der Waals surface area (Å²) in [5.41, 5.74) is 2.80. The number of carbonyl (C=O) groups excluding carboxylic acids is 1. The maximum Gasteiger partial charge on any atom is 0.254 e. The Morgan fingerprint density at radius 3 is 2.66 bits per heavy atom. The number of hydrogen-bond donors (Lipinski definition) is 0. The molecule has 1 aliphatic heterocycles. The molecule has 7 heteroatoms. The number of oxime groups is 1. The molecular weight excluding hydrogens is 431 g/mol. The first-order chi connectivity index (χ1) is 15.5. The lowest BCUT2D eigenvalue weighted by molar-refractivity contribution is 0.0405. The van der Waals surface area contributed by atoms with E-state index >= 15 is 0 Å². The Morgan fingerprint density at radius 1 is 1.16 bits per heavy atom. The van der Waals surface area contributed by atoms with E-state index in [-0.39, 0.29) is 30.7 Å². The van der Waals surface area contributed by atoms with E-state index in [1.54, 1.807) is 24.1 Å². The fraction of sp³-hybridized carbons (Fsp3) is 0.200. The standard InChI is InChI=1S/C25H22ClFN2O3/c1-31-21-11-9-17(10-12-21)24-14-22(32-28-24)16-29(15-19-5-2-3-8-23(19)26)25(30)18-6-4-7-20(27)13-18/h2-13,22H,14-16H2,1H3/t22-/m1/s1. The molecule has 0 bridgehead atoms. The van der Waals surface area contributed by atoms with Crippen LogP contribution in [0.5, 0.6) is 5.75 Å².